The summed E-state index contributed by atoms with van der Waals surface area (Å²) in [6.45, 7) is 6.74. The minimum absolute atomic E-state index is 0.0653. The molecule has 0 saturated carbocycles. The smallest absolute Gasteiger partial charge is 0.237 e. The molecule has 0 saturated heterocycles. The minimum atomic E-state index is -0.157. The molecular weight excluding hydrogens is 228 g/mol. The van der Waals surface area contributed by atoms with E-state index in [1.165, 1.54) is 5.56 Å². The van der Waals surface area contributed by atoms with Crippen LogP contribution in [0.4, 0.5) is 0 Å². The molecule has 0 aliphatic rings. The second kappa shape index (κ2) is 7.16. The van der Waals surface area contributed by atoms with Gasteiger partial charge in [0.1, 0.15) is 0 Å². The first-order valence-corrected chi connectivity index (χ1v) is 6.54. The quantitative estimate of drug-likeness (QED) is 0.756. The van der Waals surface area contributed by atoms with E-state index in [2.05, 4.69) is 22.7 Å². The van der Waals surface area contributed by atoms with E-state index in [0.717, 1.165) is 19.4 Å². The van der Waals surface area contributed by atoms with Crippen molar-refractivity contribution in [1.29, 1.82) is 0 Å². The monoisotopic (exact) mass is 252 g/mol. The minimum Gasteiger partial charge on any atom is -0.352 e. The van der Waals surface area contributed by atoms with Gasteiger partial charge in [-0.05, 0) is 32.3 Å². The number of rotatable bonds is 7. The molecule has 2 N–H and O–H groups in total. The van der Waals surface area contributed by atoms with Gasteiger partial charge < -0.3 is 10.6 Å². The van der Waals surface area contributed by atoms with Crippen LogP contribution in [-0.2, 0) is 18.3 Å². The Labute approximate surface area is 109 Å². The van der Waals surface area contributed by atoms with Crippen LogP contribution in [0.3, 0.4) is 0 Å². The first-order chi connectivity index (χ1) is 8.52. The number of hydrogen-bond acceptors (Lipinski definition) is 3. The van der Waals surface area contributed by atoms with E-state index in [0.29, 0.717) is 0 Å². The van der Waals surface area contributed by atoms with Crippen LogP contribution in [0.1, 0.15) is 32.8 Å². The van der Waals surface area contributed by atoms with Crippen LogP contribution >= 0.6 is 0 Å². The van der Waals surface area contributed by atoms with E-state index in [4.69, 9.17) is 0 Å². The summed E-state index contributed by atoms with van der Waals surface area (Å²) in [5.41, 5.74) is 1.18. The maximum absolute atomic E-state index is 11.8. The van der Waals surface area contributed by atoms with E-state index in [9.17, 15) is 4.79 Å². The molecule has 2 atom stereocenters. The molecule has 0 fully saturated rings. The molecule has 0 radical (unpaired) electrons. The predicted molar refractivity (Wildman–Crippen MR) is 72.3 cm³/mol. The normalized spacial score (nSPS) is 14.2. The zero-order valence-corrected chi connectivity index (χ0v) is 11.7. The molecule has 1 aromatic heterocycles. The third-order valence-corrected chi connectivity index (χ3v) is 3.02. The van der Waals surface area contributed by atoms with Crippen LogP contribution in [-0.4, -0.2) is 34.3 Å². The van der Waals surface area contributed by atoms with Crippen molar-refractivity contribution in [3.05, 3.63) is 18.0 Å². The fraction of sp³-hybridized carbons (Fsp3) is 0.692. The van der Waals surface area contributed by atoms with Gasteiger partial charge >= 0.3 is 0 Å². The number of aryl methyl sites for hydroxylation is 1. The van der Waals surface area contributed by atoms with Gasteiger partial charge in [0.05, 0.1) is 12.2 Å². The van der Waals surface area contributed by atoms with Gasteiger partial charge in [0.15, 0.2) is 0 Å². The van der Waals surface area contributed by atoms with Crippen molar-refractivity contribution < 1.29 is 4.79 Å². The molecule has 0 aliphatic heterocycles. The highest BCUT2D eigenvalue weighted by molar-refractivity contribution is 5.81. The maximum atomic E-state index is 11.8. The standard InChI is InChI=1S/C13H24N4O/c1-5-10(2)16-13(18)11(3)14-7-6-12-8-15-17(4)9-12/h8-11,14H,5-7H2,1-4H3,(H,16,18). The Morgan fingerprint density at radius 3 is 2.78 bits per heavy atom. The highest BCUT2D eigenvalue weighted by Crippen LogP contribution is 1.97. The molecular formula is C13H24N4O. The van der Waals surface area contributed by atoms with Crippen molar-refractivity contribution in [3.63, 3.8) is 0 Å². The second-order valence-corrected chi connectivity index (χ2v) is 4.77. The number of amides is 1. The van der Waals surface area contributed by atoms with Crippen LogP contribution in [0, 0.1) is 0 Å². The molecule has 5 heteroatoms. The van der Waals surface area contributed by atoms with E-state index in [-0.39, 0.29) is 18.0 Å². The van der Waals surface area contributed by atoms with Gasteiger partial charge in [-0.25, -0.2) is 0 Å². The molecule has 18 heavy (non-hydrogen) atoms. The summed E-state index contributed by atoms with van der Waals surface area (Å²) >= 11 is 0. The molecule has 1 heterocycles. The van der Waals surface area contributed by atoms with Crippen molar-refractivity contribution in [2.75, 3.05) is 6.54 Å². The number of hydrogen-bond donors (Lipinski definition) is 2. The summed E-state index contributed by atoms with van der Waals surface area (Å²) in [5.74, 6) is 0.0653. The fourth-order valence-electron chi connectivity index (χ4n) is 1.60. The Morgan fingerprint density at radius 2 is 2.22 bits per heavy atom. The molecule has 1 aromatic rings. The topological polar surface area (TPSA) is 59.0 Å². The van der Waals surface area contributed by atoms with E-state index in [1.807, 2.05) is 33.3 Å². The molecule has 102 valence electrons. The van der Waals surface area contributed by atoms with Crippen LogP contribution < -0.4 is 10.6 Å². The van der Waals surface area contributed by atoms with E-state index >= 15 is 0 Å². The van der Waals surface area contributed by atoms with Gasteiger partial charge in [-0.3, -0.25) is 9.48 Å². The number of nitrogens with one attached hydrogen (secondary N) is 2. The lowest BCUT2D eigenvalue weighted by Gasteiger charge is -2.17. The second-order valence-electron chi connectivity index (χ2n) is 4.77. The summed E-state index contributed by atoms with van der Waals surface area (Å²) in [6.07, 6.45) is 5.68. The lowest BCUT2D eigenvalue weighted by atomic mass is 10.2. The summed E-state index contributed by atoms with van der Waals surface area (Å²) in [7, 11) is 1.90. The maximum Gasteiger partial charge on any atom is 0.237 e. The molecule has 1 amide bonds. The van der Waals surface area contributed by atoms with Crippen LogP contribution in [0.2, 0.25) is 0 Å². The zero-order chi connectivity index (χ0) is 13.5. The van der Waals surface area contributed by atoms with Crippen molar-refractivity contribution >= 4 is 5.91 Å². The molecule has 5 nitrogen and oxygen atoms in total. The Morgan fingerprint density at radius 1 is 1.50 bits per heavy atom. The van der Waals surface area contributed by atoms with Crippen molar-refractivity contribution in [2.45, 2.75) is 45.7 Å². The number of carbonyl (C=O) groups is 1. The van der Waals surface area contributed by atoms with E-state index < -0.39 is 0 Å². The Kier molecular flexibility index (Phi) is 5.85. The lowest BCUT2D eigenvalue weighted by Crippen LogP contribution is -2.45. The summed E-state index contributed by atoms with van der Waals surface area (Å²) in [6, 6.07) is 0.0794. The third kappa shape index (κ3) is 4.87. The molecule has 2 unspecified atom stereocenters. The van der Waals surface area contributed by atoms with Crippen LogP contribution in [0.5, 0.6) is 0 Å². The Hall–Kier alpha value is -1.36. The third-order valence-electron chi connectivity index (χ3n) is 3.02. The summed E-state index contributed by atoms with van der Waals surface area (Å²) in [4.78, 5) is 11.8. The zero-order valence-electron chi connectivity index (χ0n) is 11.7. The lowest BCUT2D eigenvalue weighted by molar-refractivity contribution is -0.123. The van der Waals surface area contributed by atoms with Crippen molar-refractivity contribution in [1.82, 2.24) is 20.4 Å². The highest BCUT2D eigenvalue weighted by atomic mass is 16.2. The predicted octanol–water partition coefficient (Wildman–Crippen LogP) is 0.855. The van der Waals surface area contributed by atoms with Gasteiger partial charge in [0.25, 0.3) is 0 Å². The summed E-state index contributed by atoms with van der Waals surface area (Å²) in [5, 5.41) is 10.3. The van der Waals surface area contributed by atoms with E-state index in [1.54, 1.807) is 4.68 Å². The number of nitrogens with zero attached hydrogens (tertiary/aromatic N) is 2. The fourth-order valence-corrected chi connectivity index (χ4v) is 1.60. The average Bonchev–Trinajstić information content (AvgIpc) is 2.74. The van der Waals surface area contributed by atoms with Crippen LogP contribution in [0.15, 0.2) is 12.4 Å². The molecule has 0 spiro atoms. The average molecular weight is 252 g/mol. The van der Waals surface area contributed by atoms with Crippen molar-refractivity contribution in [2.24, 2.45) is 7.05 Å². The molecule has 0 aliphatic carbocycles. The molecule has 0 bridgehead atoms. The van der Waals surface area contributed by atoms with Crippen LogP contribution in [0.25, 0.3) is 0 Å². The SMILES string of the molecule is CCC(C)NC(=O)C(C)NCCc1cnn(C)c1. The van der Waals surface area contributed by atoms with Gasteiger partial charge in [-0.2, -0.15) is 5.10 Å². The first kappa shape index (κ1) is 14.7. The summed E-state index contributed by atoms with van der Waals surface area (Å²) < 4.78 is 1.79. The Bertz CT molecular complexity index is 375. The number of carbonyl (C=O) groups excluding carboxylic acids is 1. The van der Waals surface area contributed by atoms with Gasteiger partial charge in [0, 0.05) is 25.8 Å². The highest BCUT2D eigenvalue weighted by Gasteiger charge is 2.13. The number of aromatic nitrogens is 2. The largest absolute Gasteiger partial charge is 0.352 e. The van der Waals surface area contributed by atoms with Gasteiger partial charge in [-0.15, -0.1) is 0 Å². The van der Waals surface area contributed by atoms with Gasteiger partial charge in [-0.1, -0.05) is 6.92 Å². The van der Waals surface area contributed by atoms with Crippen molar-refractivity contribution in [3.8, 4) is 0 Å². The molecule has 0 aromatic carbocycles. The van der Waals surface area contributed by atoms with Gasteiger partial charge in [0.2, 0.25) is 5.91 Å². The molecule has 1 rings (SSSR count). The first-order valence-electron chi connectivity index (χ1n) is 6.54. The Balaban J connectivity index is 2.24.